The molecule has 110 valence electrons. The molecular formula is C16H19ClN4. The van der Waals surface area contributed by atoms with Gasteiger partial charge in [-0.05, 0) is 26.5 Å². The molecule has 0 spiro atoms. The van der Waals surface area contributed by atoms with Gasteiger partial charge in [0, 0.05) is 13.0 Å². The van der Waals surface area contributed by atoms with E-state index in [1.807, 2.05) is 55.9 Å². The van der Waals surface area contributed by atoms with E-state index in [4.69, 9.17) is 11.6 Å². The van der Waals surface area contributed by atoms with Crippen LogP contribution in [-0.2, 0) is 12.1 Å². The van der Waals surface area contributed by atoms with E-state index < -0.39 is 5.54 Å². The second-order valence-corrected chi connectivity index (χ2v) is 5.47. The van der Waals surface area contributed by atoms with Crippen LogP contribution >= 0.6 is 11.6 Å². The van der Waals surface area contributed by atoms with Gasteiger partial charge in [0.2, 0.25) is 0 Å². The number of rotatable bonds is 5. The van der Waals surface area contributed by atoms with Crippen LogP contribution in [0.25, 0.3) is 0 Å². The maximum Gasteiger partial charge on any atom is 0.133 e. The summed E-state index contributed by atoms with van der Waals surface area (Å²) in [6.07, 6.45) is 0.613. The number of hydrogen-bond donors (Lipinski definition) is 1. The van der Waals surface area contributed by atoms with E-state index >= 15 is 0 Å². The Morgan fingerprint density at radius 2 is 2.00 bits per heavy atom. The Labute approximate surface area is 130 Å². The zero-order chi connectivity index (χ0) is 15.5. The lowest BCUT2D eigenvalue weighted by molar-refractivity contribution is 0.387. The standard InChI is InChI=1S/C16H19ClN4/c1-12-15(17)13(2)21(20-12)10-9-16(11-18,19-3)14-7-5-4-6-8-14/h4-8,19H,9-10H2,1-3H3. The fourth-order valence-corrected chi connectivity index (χ4v) is 2.61. The molecule has 0 radical (unpaired) electrons. The first-order valence-electron chi connectivity index (χ1n) is 6.89. The normalized spacial score (nSPS) is 13.7. The van der Waals surface area contributed by atoms with Gasteiger partial charge >= 0.3 is 0 Å². The lowest BCUT2D eigenvalue weighted by atomic mass is 9.88. The van der Waals surface area contributed by atoms with E-state index in [0.29, 0.717) is 18.0 Å². The molecule has 0 aliphatic rings. The molecular weight excluding hydrogens is 284 g/mol. The van der Waals surface area contributed by atoms with Crippen LogP contribution < -0.4 is 5.32 Å². The summed E-state index contributed by atoms with van der Waals surface area (Å²) < 4.78 is 1.87. The lowest BCUT2D eigenvalue weighted by Crippen LogP contribution is -2.39. The van der Waals surface area contributed by atoms with Crippen molar-refractivity contribution in [2.24, 2.45) is 0 Å². The van der Waals surface area contributed by atoms with Gasteiger partial charge in [0.05, 0.1) is 22.5 Å². The van der Waals surface area contributed by atoms with Crippen molar-refractivity contribution in [2.45, 2.75) is 32.4 Å². The molecule has 21 heavy (non-hydrogen) atoms. The van der Waals surface area contributed by atoms with Crippen LogP contribution in [0.5, 0.6) is 0 Å². The number of hydrogen-bond acceptors (Lipinski definition) is 3. The van der Waals surface area contributed by atoms with Crippen molar-refractivity contribution in [1.82, 2.24) is 15.1 Å². The minimum absolute atomic E-state index is 0.613. The molecule has 1 heterocycles. The molecule has 0 aliphatic carbocycles. The highest BCUT2D eigenvalue weighted by molar-refractivity contribution is 6.31. The first kappa shape index (κ1) is 15.6. The van der Waals surface area contributed by atoms with E-state index in [1.165, 1.54) is 0 Å². The van der Waals surface area contributed by atoms with Crippen LogP contribution in [0, 0.1) is 25.2 Å². The molecule has 1 aromatic carbocycles. The van der Waals surface area contributed by atoms with E-state index in [1.54, 1.807) is 0 Å². The molecule has 1 atom stereocenters. The fraction of sp³-hybridized carbons (Fsp3) is 0.375. The molecule has 0 saturated carbocycles. The Hall–Kier alpha value is -1.83. The molecule has 0 aliphatic heterocycles. The molecule has 0 saturated heterocycles. The number of aryl methyl sites for hydroxylation is 2. The summed E-state index contributed by atoms with van der Waals surface area (Å²) in [6, 6.07) is 12.2. The summed E-state index contributed by atoms with van der Waals surface area (Å²) in [5.74, 6) is 0. The maximum absolute atomic E-state index is 9.67. The van der Waals surface area contributed by atoms with Crippen molar-refractivity contribution in [2.75, 3.05) is 7.05 Å². The van der Waals surface area contributed by atoms with E-state index in [-0.39, 0.29) is 0 Å². The topological polar surface area (TPSA) is 53.6 Å². The molecule has 1 N–H and O–H groups in total. The van der Waals surface area contributed by atoms with Crippen molar-refractivity contribution < 1.29 is 0 Å². The van der Waals surface area contributed by atoms with Gasteiger partial charge in [0.1, 0.15) is 5.54 Å². The van der Waals surface area contributed by atoms with Gasteiger partial charge in [-0.15, -0.1) is 0 Å². The third-order valence-electron chi connectivity index (χ3n) is 3.88. The van der Waals surface area contributed by atoms with E-state index in [9.17, 15) is 5.26 Å². The number of halogens is 1. The van der Waals surface area contributed by atoms with Crippen molar-refractivity contribution >= 4 is 11.6 Å². The summed E-state index contributed by atoms with van der Waals surface area (Å²) in [6.45, 7) is 4.46. The lowest BCUT2D eigenvalue weighted by Gasteiger charge is -2.26. The number of benzene rings is 1. The number of aromatic nitrogens is 2. The van der Waals surface area contributed by atoms with E-state index in [2.05, 4.69) is 16.5 Å². The van der Waals surface area contributed by atoms with Crippen LogP contribution in [0.4, 0.5) is 0 Å². The first-order chi connectivity index (χ1) is 10.0. The summed E-state index contributed by atoms with van der Waals surface area (Å²) in [7, 11) is 1.81. The Morgan fingerprint density at radius 1 is 1.33 bits per heavy atom. The number of nitrogens with one attached hydrogen (secondary N) is 1. The Balaban J connectivity index is 2.26. The van der Waals surface area contributed by atoms with Crippen LogP contribution in [0.15, 0.2) is 30.3 Å². The monoisotopic (exact) mass is 302 g/mol. The minimum Gasteiger partial charge on any atom is -0.299 e. The van der Waals surface area contributed by atoms with Crippen LogP contribution in [-0.4, -0.2) is 16.8 Å². The van der Waals surface area contributed by atoms with Crippen LogP contribution in [0.3, 0.4) is 0 Å². The van der Waals surface area contributed by atoms with Gasteiger partial charge in [0.15, 0.2) is 0 Å². The smallest absolute Gasteiger partial charge is 0.133 e. The highest BCUT2D eigenvalue weighted by atomic mass is 35.5. The molecule has 2 rings (SSSR count). The Bertz CT molecular complexity index is 657. The quantitative estimate of drug-likeness (QED) is 0.923. The van der Waals surface area contributed by atoms with Crippen molar-refractivity contribution in [3.05, 3.63) is 52.3 Å². The average Bonchev–Trinajstić information content (AvgIpc) is 2.77. The van der Waals surface area contributed by atoms with Gasteiger partial charge < -0.3 is 0 Å². The summed E-state index contributed by atoms with van der Waals surface area (Å²) in [5.41, 5.74) is 1.99. The summed E-state index contributed by atoms with van der Waals surface area (Å²) >= 11 is 6.17. The second kappa shape index (κ2) is 6.30. The molecule has 4 nitrogen and oxygen atoms in total. The van der Waals surface area contributed by atoms with Gasteiger partial charge in [-0.1, -0.05) is 41.9 Å². The number of nitrogens with zero attached hydrogens (tertiary/aromatic N) is 3. The number of nitriles is 1. The fourth-order valence-electron chi connectivity index (χ4n) is 2.48. The van der Waals surface area contributed by atoms with E-state index in [0.717, 1.165) is 17.0 Å². The first-order valence-corrected chi connectivity index (χ1v) is 7.27. The highest BCUT2D eigenvalue weighted by Gasteiger charge is 2.30. The summed E-state index contributed by atoms with van der Waals surface area (Å²) in [5, 5.41) is 17.9. The SMILES string of the molecule is CNC(C#N)(CCn1nc(C)c(Cl)c1C)c1ccccc1. The van der Waals surface area contributed by atoms with Crippen LogP contribution in [0.2, 0.25) is 5.02 Å². The van der Waals surface area contributed by atoms with Crippen molar-refractivity contribution in [3.8, 4) is 6.07 Å². The third kappa shape index (κ3) is 2.94. The molecule has 2 aromatic rings. The highest BCUT2D eigenvalue weighted by Crippen LogP contribution is 2.26. The predicted octanol–water partition coefficient (Wildman–Crippen LogP) is 3.18. The summed E-state index contributed by atoms with van der Waals surface area (Å²) in [4.78, 5) is 0. The van der Waals surface area contributed by atoms with Gasteiger partial charge in [-0.3, -0.25) is 10.00 Å². The molecule has 5 heteroatoms. The predicted molar refractivity (Wildman–Crippen MR) is 84.1 cm³/mol. The third-order valence-corrected chi connectivity index (χ3v) is 4.42. The van der Waals surface area contributed by atoms with Gasteiger partial charge in [0.25, 0.3) is 0 Å². The molecule has 1 unspecified atom stereocenters. The van der Waals surface area contributed by atoms with Crippen LogP contribution in [0.1, 0.15) is 23.4 Å². The zero-order valence-corrected chi connectivity index (χ0v) is 13.3. The second-order valence-electron chi connectivity index (χ2n) is 5.09. The molecule has 0 fully saturated rings. The molecule has 1 aromatic heterocycles. The van der Waals surface area contributed by atoms with Gasteiger partial charge in [-0.25, -0.2) is 0 Å². The van der Waals surface area contributed by atoms with Crippen molar-refractivity contribution in [1.29, 1.82) is 5.26 Å². The largest absolute Gasteiger partial charge is 0.299 e. The average molecular weight is 303 g/mol. The van der Waals surface area contributed by atoms with Gasteiger partial charge in [-0.2, -0.15) is 10.4 Å². The Kier molecular flexibility index (Phi) is 4.66. The minimum atomic E-state index is -0.722. The zero-order valence-electron chi connectivity index (χ0n) is 12.5. The molecule has 0 amide bonds. The Morgan fingerprint density at radius 3 is 2.48 bits per heavy atom. The maximum atomic E-state index is 9.67. The van der Waals surface area contributed by atoms with Crippen molar-refractivity contribution in [3.63, 3.8) is 0 Å². The molecule has 0 bridgehead atoms.